The van der Waals surface area contributed by atoms with Crippen molar-refractivity contribution in [2.75, 3.05) is 17.2 Å². The van der Waals surface area contributed by atoms with Gasteiger partial charge < -0.3 is 20.1 Å². The maximum Gasteiger partial charge on any atom is 0.255 e. The molecule has 0 radical (unpaired) electrons. The number of rotatable bonds is 8. The lowest BCUT2D eigenvalue weighted by atomic mass is 9.94. The van der Waals surface area contributed by atoms with E-state index in [4.69, 9.17) is 21.1 Å². The second kappa shape index (κ2) is 11.2. The fraction of sp³-hybridized carbons (Fsp3) is 0.185. The van der Waals surface area contributed by atoms with Crippen molar-refractivity contribution in [2.24, 2.45) is 0 Å². The number of hydrogen-bond donors (Lipinski definition) is 2. The van der Waals surface area contributed by atoms with E-state index in [9.17, 15) is 4.79 Å². The minimum atomic E-state index is -0.681. The van der Waals surface area contributed by atoms with Crippen LogP contribution < -0.4 is 20.1 Å². The van der Waals surface area contributed by atoms with Crippen LogP contribution in [0, 0.1) is 0 Å². The Balaban J connectivity index is 1.55. The summed E-state index contributed by atoms with van der Waals surface area (Å²) in [6.45, 7) is 4.42. The molecular formula is C27H24BrClN6O3. The zero-order valence-corrected chi connectivity index (χ0v) is 23.0. The lowest BCUT2D eigenvalue weighted by molar-refractivity contribution is -0.113. The van der Waals surface area contributed by atoms with Crippen LogP contribution in [-0.4, -0.2) is 32.7 Å². The first-order valence-electron chi connectivity index (χ1n) is 11.9. The van der Waals surface area contributed by atoms with Gasteiger partial charge in [0.25, 0.3) is 5.91 Å². The Hall–Kier alpha value is -3.89. The van der Waals surface area contributed by atoms with E-state index in [1.54, 1.807) is 10.7 Å². The first-order valence-corrected chi connectivity index (χ1v) is 13.1. The number of benzene rings is 3. The normalized spacial score (nSPS) is 14.5. The summed E-state index contributed by atoms with van der Waals surface area (Å²) in [7, 11) is 0. The van der Waals surface area contributed by atoms with Gasteiger partial charge in [-0.3, -0.25) is 4.79 Å². The van der Waals surface area contributed by atoms with E-state index in [1.807, 2.05) is 74.5 Å². The van der Waals surface area contributed by atoms with Crippen LogP contribution in [0.5, 0.6) is 11.5 Å². The molecule has 1 aliphatic heterocycles. The molecule has 0 saturated heterocycles. The monoisotopic (exact) mass is 594 g/mol. The van der Waals surface area contributed by atoms with E-state index in [0.29, 0.717) is 51.6 Å². The molecular weight excluding hydrogens is 572 g/mol. The molecule has 1 atom stereocenters. The van der Waals surface area contributed by atoms with Crippen LogP contribution in [0.2, 0.25) is 5.02 Å². The van der Waals surface area contributed by atoms with E-state index < -0.39 is 6.04 Å². The number of nitrogens with zero attached hydrogens (tertiary/aromatic N) is 4. The molecule has 9 nitrogen and oxygen atoms in total. The highest BCUT2D eigenvalue weighted by atomic mass is 79.9. The smallest absolute Gasteiger partial charge is 0.255 e. The van der Waals surface area contributed by atoms with Crippen LogP contribution in [-0.2, 0) is 11.4 Å². The summed E-state index contributed by atoms with van der Waals surface area (Å²) in [5.41, 5.74) is 3.14. The molecule has 5 rings (SSSR count). The molecule has 1 aromatic heterocycles. The van der Waals surface area contributed by atoms with Crippen molar-refractivity contribution in [1.82, 2.24) is 20.2 Å². The van der Waals surface area contributed by atoms with Crippen LogP contribution in [0.15, 0.2) is 82.5 Å². The topological polar surface area (TPSA) is 103 Å². The number of fused-ring (bicyclic) bond motifs is 1. The summed E-state index contributed by atoms with van der Waals surface area (Å²) in [5.74, 6) is 1.23. The number of hydrogen-bond acceptors (Lipinski definition) is 7. The van der Waals surface area contributed by atoms with Crippen LogP contribution in [0.25, 0.3) is 0 Å². The van der Waals surface area contributed by atoms with E-state index in [1.165, 1.54) is 0 Å². The van der Waals surface area contributed by atoms with Crippen LogP contribution in [0.4, 0.5) is 11.6 Å². The molecule has 1 amide bonds. The number of para-hydroxylation sites is 2. The van der Waals surface area contributed by atoms with Crippen LogP contribution in [0.3, 0.4) is 0 Å². The van der Waals surface area contributed by atoms with Gasteiger partial charge in [0.1, 0.15) is 24.1 Å². The van der Waals surface area contributed by atoms with Crippen molar-refractivity contribution < 1.29 is 14.3 Å². The Kier molecular flexibility index (Phi) is 7.62. The highest BCUT2D eigenvalue weighted by Crippen LogP contribution is 2.41. The molecule has 0 aliphatic carbocycles. The van der Waals surface area contributed by atoms with Crippen molar-refractivity contribution in [3.63, 3.8) is 0 Å². The van der Waals surface area contributed by atoms with E-state index in [2.05, 4.69) is 42.1 Å². The van der Waals surface area contributed by atoms with Crippen LogP contribution in [0.1, 0.15) is 31.0 Å². The van der Waals surface area contributed by atoms with Gasteiger partial charge >= 0.3 is 0 Å². The standard InChI is InChI=1S/C27H24BrClN6O3/c1-3-37-23-11-7-6-10-21(23)31-26(36)24-16(2)30-27-32-33-34-35(27)25(24)19-14-18(28)12-13-22(19)38-15-17-8-4-5-9-20(17)29/h4-14,25H,3,15H2,1-2H3,(H,31,36)(H,30,32,34). The molecule has 194 valence electrons. The first kappa shape index (κ1) is 25.7. The van der Waals surface area contributed by atoms with Gasteiger partial charge in [-0.2, -0.15) is 4.68 Å². The summed E-state index contributed by atoms with van der Waals surface area (Å²) in [6.07, 6.45) is 0. The maximum atomic E-state index is 13.9. The molecule has 2 N–H and O–H groups in total. The van der Waals surface area contributed by atoms with Gasteiger partial charge in [0.15, 0.2) is 0 Å². The highest BCUT2D eigenvalue weighted by Gasteiger charge is 2.36. The van der Waals surface area contributed by atoms with Gasteiger partial charge in [-0.05, 0) is 60.7 Å². The van der Waals surface area contributed by atoms with Gasteiger partial charge in [0.2, 0.25) is 5.95 Å². The summed E-state index contributed by atoms with van der Waals surface area (Å²) in [5, 5.41) is 18.9. The molecule has 1 unspecified atom stereocenters. The van der Waals surface area contributed by atoms with E-state index in [0.717, 1.165) is 10.0 Å². The number of carbonyl (C=O) groups excluding carboxylic acids is 1. The number of allylic oxidation sites excluding steroid dienone is 1. The number of anilines is 2. The number of amides is 1. The third kappa shape index (κ3) is 5.23. The summed E-state index contributed by atoms with van der Waals surface area (Å²) in [4.78, 5) is 13.9. The number of halogens is 2. The predicted octanol–water partition coefficient (Wildman–Crippen LogP) is 5.99. The minimum Gasteiger partial charge on any atom is -0.492 e. The third-order valence-corrected chi connectivity index (χ3v) is 6.86. The minimum absolute atomic E-state index is 0.244. The summed E-state index contributed by atoms with van der Waals surface area (Å²) >= 11 is 9.92. The van der Waals surface area contributed by atoms with Gasteiger partial charge in [0, 0.05) is 26.3 Å². The zero-order chi connectivity index (χ0) is 26.6. The predicted molar refractivity (Wildman–Crippen MR) is 148 cm³/mol. The molecule has 4 aromatic rings. The molecule has 38 heavy (non-hydrogen) atoms. The van der Waals surface area contributed by atoms with Gasteiger partial charge in [-0.1, -0.05) is 63.0 Å². The lowest BCUT2D eigenvalue weighted by Crippen LogP contribution is -2.32. The molecule has 0 saturated carbocycles. The number of carbonyl (C=O) groups is 1. The van der Waals surface area contributed by atoms with Crippen molar-refractivity contribution >= 4 is 45.1 Å². The third-order valence-electron chi connectivity index (χ3n) is 6.00. The molecule has 0 bridgehead atoms. The second-order valence-corrected chi connectivity index (χ2v) is 9.78. The van der Waals surface area contributed by atoms with Crippen LogP contribution >= 0.6 is 27.5 Å². The van der Waals surface area contributed by atoms with Gasteiger partial charge in [0.05, 0.1) is 17.9 Å². The zero-order valence-electron chi connectivity index (χ0n) is 20.6. The number of tetrazole rings is 1. The molecule has 11 heteroatoms. The first-order chi connectivity index (χ1) is 18.5. The number of aromatic nitrogens is 4. The Morgan fingerprint density at radius 1 is 1.11 bits per heavy atom. The Labute approximate surface area is 232 Å². The summed E-state index contributed by atoms with van der Waals surface area (Å²) < 4.78 is 14.3. The van der Waals surface area contributed by atoms with Crippen molar-refractivity contribution in [1.29, 1.82) is 0 Å². The van der Waals surface area contributed by atoms with E-state index in [-0.39, 0.29) is 12.5 Å². The number of ether oxygens (including phenoxy) is 2. The fourth-order valence-corrected chi connectivity index (χ4v) is 4.84. The van der Waals surface area contributed by atoms with Crippen molar-refractivity contribution in [3.8, 4) is 11.5 Å². The largest absolute Gasteiger partial charge is 0.492 e. The molecule has 3 aromatic carbocycles. The van der Waals surface area contributed by atoms with Gasteiger partial charge in [-0.25, -0.2) is 0 Å². The maximum absolute atomic E-state index is 13.9. The molecule has 1 aliphatic rings. The van der Waals surface area contributed by atoms with E-state index >= 15 is 0 Å². The fourth-order valence-electron chi connectivity index (χ4n) is 4.27. The van der Waals surface area contributed by atoms with Crippen molar-refractivity contribution in [3.05, 3.63) is 98.6 Å². The Bertz CT molecular complexity index is 1520. The average Bonchev–Trinajstić information content (AvgIpc) is 3.37. The Morgan fingerprint density at radius 2 is 1.89 bits per heavy atom. The second-order valence-electron chi connectivity index (χ2n) is 8.46. The van der Waals surface area contributed by atoms with Gasteiger partial charge in [-0.15, -0.1) is 0 Å². The lowest BCUT2D eigenvalue weighted by Gasteiger charge is -2.29. The molecule has 0 spiro atoms. The SMILES string of the molecule is CCOc1ccccc1NC(=O)C1=C(C)Nc2nnnn2C1c1cc(Br)ccc1OCc1ccccc1Cl. The van der Waals surface area contributed by atoms with Crippen molar-refractivity contribution in [2.45, 2.75) is 26.5 Å². The average molecular weight is 596 g/mol. The summed E-state index contributed by atoms with van der Waals surface area (Å²) in [6, 6.07) is 19.7. The molecule has 0 fully saturated rings. The number of nitrogens with one attached hydrogen (secondary N) is 2. The quantitative estimate of drug-likeness (QED) is 0.258. The highest BCUT2D eigenvalue weighted by molar-refractivity contribution is 9.10. The Morgan fingerprint density at radius 3 is 2.71 bits per heavy atom. The molecule has 2 heterocycles.